The molecule has 0 bridgehead atoms. The number of furan rings is 2. The summed E-state index contributed by atoms with van der Waals surface area (Å²) in [4.78, 5) is 38.1. The minimum Gasteiger partial charge on any atom is -0.451 e. The molecule has 0 aliphatic carbocycles. The van der Waals surface area contributed by atoms with Crippen molar-refractivity contribution in [3.05, 3.63) is 64.1 Å². The van der Waals surface area contributed by atoms with E-state index in [0.29, 0.717) is 31.8 Å². The van der Waals surface area contributed by atoms with E-state index in [2.05, 4.69) is 0 Å². The van der Waals surface area contributed by atoms with Crippen LogP contribution in [-0.4, -0.2) is 52.7 Å². The number of carbonyl (C=O) groups excluding carboxylic acids is 2. The zero-order valence-electron chi connectivity index (χ0n) is 14.2. The van der Waals surface area contributed by atoms with Crippen LogP contribution in [0.3, 0.4) is 0 Å². The fourth-order valence-corrected chi connectivity index (χ4v) is 3.05. The summed E-state index contributed by atoms with van der Waals surface area (Å²) in [6, 6.07) is 11.5. The van der Waals surface area contributed by atoms with Gasteiger partial charge in [-0.15, -0.1) is 0 Å². The minimum atomic E-state index is -0.694. The third-order valence-corrected chi connectivity index (χ3v) is 4.47. The lowest BCUT2D eigenvalue weighted by molar-refractivity contribution is -0.402. The number of hydrogen-bond acceptors (Lipinski definition) is 6. The Balaban J connectivity index is 1.41. The summed E-state index contributed by atoms with van der Waals surface area (Å²) < 4.78 is 10.6. The molecule has 0 spiro atoms. The van der Waals surface area contributed by atoms with Crippen LogP contribution in [-0.2, 0) is 0 Å². The second-order valence-corrected chi connectivity index (χ2v) is 6.13. The molecule has 1 aromatic carbocycles. The van der Waals surface area contributed by atoms with Gasteiger partial charge in [0.2, 0.25) is 0 Å². The molecule has 3 aromatic rings. The minimum absolute atomic E-state index is 0.0845. The highest BCUT2D eigenvalue weighted by Crippen LogP contribution is 2.21. The summed E-state index contributed by atoms with van der Waals surface area (Å²) in [5.74, 6) is -0.959. The van der Waals surface area contributed by atoms with Crippen LogP contribution < -0.4 is 0 Å². The Hall–Kier alpha value is -3.62. The number of piperazine rings is 1. The largest absolute Gasteiger partial charge is 0.451 e. The SMILES string of the molecule is O=C(c1ccc([N+](=O)[O-])o1)N1CCN(C(=O)c2cc3ccccc3o2)CC1. The monoisotopic (exact) mass is 369 g/mol. The second-order valence-electron chi connectivity index (χ2n) is 6.13. The van der Waals surface area contributed by atoms with Gasteiger partial charge in [0, 0.05) is 31.6 Å². The van der Waals surface area contributed by atoms with E-state index in [1.54, 1.807) is 17.0 Å². The molecule has 0 unspecified atom stereocenters. The molecule has 3 heterocycles. The van der Waals surface area contributed by atoms with E-state index in [-0.39, 0.29) is 17.4 Å². The van der Waals surface area contributed by atoms with Gasteiger partial charge in [-0.05, 0) is 18.2 Å². The Morgan fingerprint density at radius 2 is 1.52 bits per heavy atom. The topological polar surface area (TPSA) is 110 Å². The van der Waals surface area contributed by atoms with Crippen molar-refractivity contribution in [1.82, 2.24) is 9.80 Å². The molecule has 1 fully saturated rings. The highest BCUT2D eigenvalue weighted by Gasteiger charge is 2.29. The number of fused-ring (bicyclic) bond motifs is 1. The first-order valence-corrected chi connectivity index (χ1v) is 8.34. The van der Waals surface area contributed by atoms with E-state index in [0.717, 1.165) is 11.5 Å². The Labute approximate surface area is 152 Å². The van der Waals surface area contributed by atoms with Crippen LogP contribution in [0.1, 0.15) is 21.1 Å². The van der Waals surface area contributed by atoms with E-state index < -0.39 is 16.7 Å². The molecule has 9 heteroatoms. The molecule has 0 radical (unpaired) electrons. The number of amides is 2. The molecule has 1 saturated heterocycles. The van der Waals surface area contributed by atoms with Crippen molar-refractivity contribution < 1.29 is 23.3 Å². The molecule has 0 saturated carbocycles. The lowest BCUT2D eigenvalue weighted by atomic mass is 10.2. The Kier molecular flexibility index (Phi) is 4.11. The summed E-state index contributed by atoms with van der Waals surface area (Å²) in [5.41, 5.74) is 0.647. The highest BCUT2D eigenvalue weighted by molar-refractivity contribution is 5.96. The smallest absolute Gasteiger partial charge is 0.433 e. The van der Waals surface area contributed by atoms with E-state index in [9.17, 15) is 19.7 Å². The number of rotatable bonds is 3. The summed E-state index contributed by atoms with van der Waals surface area (Å²) in [6.45, 7) is 1.29. The zero-order chi connectivity index (χ0) is 19.0. The average Bonchev–Trinajstić information content (AvgIpc) is 3.34. The summed E-state index contributed by atoms with van der Waals surface area (Å²) in [6.07, 6.45) is 0. The molecule has 27 heavy (non-hydrogen) atoms. The number of hydrogen-bond donors (Lipinski definition) is 0. The number of carbonyl (C=O) groups is 2. The second kappa shape index (κ2) is 6.60. The average molecular weight is 369 g/mol. The molecule has 138 valence electrons. The number of nitrogens with zero attached hydrogens (tertiary/aromatic N) is 3. The molecular weight excluding hydrogens is 354 g/mol. The Morgan fingerprint density at radius 1 is 0.889 bits per heavy atom. The fourth-order valence-electron chi connectivity index (χ4n) is 3.05. The van der Waals surface area contributed by atoms with Crippen LogP contribution in [0.2, 0.25) is 0 Å². The molecule has 9 nitrogen and oxygen atoms in total. The number of benzene rings is 1. The lowest BCUT2D eigenvalue weighted by Crippen LogP contribution is -2.50. The van der Waals surface area contributed by atoms with Crippen LogP contribution in [0.4, 0.5) is 5.88 Å². The van der Waals surface area contributed by atoms with Gasteiger partial charge < -0.3 is 18.6 Å². The van der Waals surface area contributed by atoms with Gasteiger partial charge in [-0.3, -0.25) is 19.7 Å². The highest BCUT2D eigenvalue weighted by atomic mass is 16.6. The molecule has 0 atom stereocenters. The van der Waals surface area contributed by atoms with Crippen molar-refractivity contribution >= 4 is 28.7 Å². The maximum Gasteiger partial charge on any atom is 0.433 e. The molecule has 2 aromatic heterocycles. The molecule has 4 rings (SSSR count). The first-order valence-electron chi connectivity index (χ1n) is 8.34. The first kappa shape index (κ1) is 16.8. The number of para-hydroxylation sites is 1. The van der Waals surface area contributed by atoms with E-state index in [4.69, 9.17) is 8.83 Å². The van der Waals surface area contributed by atoms with Crippen molar-refractivity contribution in [3.63, 3.8) is 0 Å². The van der Waals surface area contributed by atoms with Gasteiger partial charge >= 0.3 is 5.88 Å². The van der Waals surface area contributed by atoms with Crippen LogP contribution in [0.25, 0.3) is 11.0 Å². The maximum absolute atomic E-state index is 12.6. The van der Waals surface area contributed by atoms with E-state index in [1.165, 1.54) is 11.0 Å². The van der Waals surface area contributed by atoms with E-state index in [1.807, 2.05) is 18.2 Å². The summed E-state index contributed by atoms with van der Waals surface area (Å²) in [5, 5.41) is 11.5. The van der Waals surface area contributed by atoms with Gasteiger partial charge in [0.25, 0.3) is 11.8 Å². The van der Waals surface area contributed by atoms with Crippen LogP contribution in [0, 0.1) is 10.1 Å². The van der Waals surface area contributed by atoms with Gasteiger partial charge in [0.05, 0.1) is 6.07 Å². The molecule has 0 N–H and O–H groups in total. The zero-order valence-corrected chi connectivity index (χ0v) is 14.2. The standard InChI is InChI=1S/C18H15N3O6/c22-17(14-5-6-16(27-14)21(24)25)19-7-9-20(10-8-19)18(23)15-11-12-3-1-2-4-13(12)26-15/h1-6,11H,7-10H2. The predicted molar refractivity (Wildman–Crippen MR) is 93.4 cm³/mol. The van der Waals surface area contributed by atoms with Gasteiger partial charge in [-0.25, -0.2) is 0 Å². The summed E-state index contributed by atoms with van der Waals surface area (Å²) >= 11 is 0. The maximum atomic E-state index is 12.6. The van der Waals surface area contributed by atoms with Crippen molar-refractivity contribution in [2.75, 3.05) is 26.2 Å². The van der Waals surface area contributed by atoms with Crippen molar-refractivity contribution in [1.29, 1.82) is 0 Å². The normalized spacial score (nSPS) is 14.5. The van der Waals surface area contributed by atoms with Gasteiger partial charge in [0.15, 0.2) is 11.5 Å². The van der Waals surface area contributed by atoms with Crippen LogP contribution in [0.5, 0.6) is 0 Å². The molecule has 2 amide bonds. The predicted octanol–water partition coefficient (Wildman–Crippen LogP) is 2.53. The quantitative estimate of drug-likeness (QED) is 0.518. The van der Waals surface area contributed by atoms with Gasteiger partial charge in [-0.2, -0.15) is 0 Å². The fraction of sp³-hybridized carbons (Fsp3) is 0.222. The molecule has 1 aliphatic heterocycles. The van der Waals surface area contributed by atoms with Crippen LogP contribution in [0.15, 0.2) is 51.3 Å². The van der Waals surface area contributed by atoms with Gasteiger partial charge in [0.1, 0.15) is 10.5 Å². The Morgan fingerprint density at radius 3 is 2.11 bits per heavy atom. The number of nitro groups is 1. The third-order valence-electron chi connectivity index (χ3n) is 4.47. The molecule has 1 aliphatic rings. The summed E-state index contributed by atoms with van der Waals surface area (Å²) in [7, 11) is 0. The van der Waals surface area contributed by atoms with Crippen molar-refractivity contribution in [2.24, 2.45) is 0 Å². The Bertz CT molecular complexity index is 996. The van der Waals surface area contributed by atoms with E-state index >= 15 is 0 Å². The van der Waals surface area contributed by atoms with Crippen LogP contribution >= 0.6 is 0 Å². The third kappa shape index (κ3) is 3.14. The lowest BCUT2D eigenvalue weighted by Gasteiger charge is -2.33. The van der Waals surface area contributed by atoms with Gasteiger partial charge in [-0.1, -0.05) is 18.2 Å². The molecular formula is C18H15N3O6. The van der Waals surface area contributed by atoms with Crippen molar-refractivity contribution in [2.45, 2.75) is 0 Å². The first-order chi connectivity index (χ1) is 13.0. The van der Waals surface area contributed by atoms with Crippen molar-refractivity contribution in [3.8, 4) is 0 Å².